The lowest BCUT2D eigenvalue weighted by atomic mass is 9.94. The Morgan fingerprint density at radius 3 is 2.33 bits per heavy atom. The Balaban J connectivity index is 1.94. The Morgan fingerprint density at radius 1 is 0.857 bits per heavy atom. The van der Waals surface area contributed by atoms with Gasteiger partial charge in [-0.15, -0.1) is 0 Å². The number of hydrogen-bond acceptors (Lipinski definition) is 1. The van der Waals surface area contributed by atoms with E-state index in [1.165, 1.54) is 27.5 Å². The quantitative estimate of drug-likeness (QED) is 0.730. The molecule has 0 spiro atoms. The van der Waals surface area contributed by atoms with Crippen LogP contribution in [0.4, 0.5) is 0 Å². The second-order valence-corrected chi connectivity index (χ2v) is 5.59. The highest BCUT2D eigenvalue weighted by molar-refractivity contribution is 5.85. The van der Waals surface area contributed by atoms with Crippen molar-refractivity contribution in [2.24, 2.45) is 0 Å². The van der Waals surface area contributed by atoms with E-state index in [2.05, 4.69) is 79.0 Å². The molecule has 0 bridgehead atoms. The third-order valence-electron chi connectivity index (χ3n) is 4.13. The topological polar surface area (TPSA) is 12.0 Å². The molecule has 1 nitrogen and oxygen atoms in total. The second-order valence-electron chi connectivity index (χ2n) is 5.59. The first-order chi connectivity index (χ1) is 10.3. The van der Waals surface area contributed by atoms with Crippen molar-refractivity contribution < 1.29 is 0 Å². The van der Waals surface area contributed by atoms with E-state index in [0.717, 1.165) is 6.42 Å². The van der Waals surface area contributed by atoms with Gasteiger partial charge in [-0.25, -0.2) is 0 Å². The number of fused-ring (bicyclic) bond motifs is 1. The van der Waals surface area contributed by atoms with Crippen LogP contribution in [0, 0.1) is 6.92 Å². The summed E-state index contributed by atoms with van der Waals surface area (Å²) in [6.45, 7) is 2.13. The van der Waals surface area contributed by atoms with Crippen molar-refractivity contribution in [2.75, 3.05) is 7.05 Å². The van der Waals surface area contributed by atoms with Crippen molar-refractivity contribution >= 4 is 10.8 Å². The third-order valence-corrected chi connectivity index (χ3v) is 4.13. The van der Waals surface area contributed by atoms with Crippen LogP contribution in [0.2, 0.25) is 0 Å². The maximum absolute atomic E-state index is 3.45. The molecule has 3 aromatic rings. The highest BCUT2D eigenvalue weighted by Gasteiger charge is 2.11. The fourth-order valence-corrected chi connectivity index (χ4v) is 2.88. The van der Waals surface area contributed by atoms with Gasteiger partial charge in [-0.05, 0) is 42.3 Å². The summed E-state index contributed by atoms with van der Waals surface area (Å²) in [4.78, 5) is 0. The zero-order valence-electron chi connectivity index (χ0n) is 12.6. The minimum absolute atomic E-state index is 0.344. The lowest BCUT2D eigenvalue weighted by Crippen LogP contribution is -2.18. The lowest BCUT2D eigenvalue weighted by molar-refractivity contribution is 0.594. The van der Waals surface area contributed by atoms with Gasteiger partial charge in [0.2, 0.25) is 0 Å². The Morgan fingerprint density at radius 2 is 1.57 bits per heavy atom. The van der Waals surface area contributed by atoms with Gasteiger partial charge in [-0.3, -0.25) is 0 Å². The normalized spacial score (nSPS) is 12.5. The van der Waals surface area contributed by atoms with Gasteiger partial charge in [0, 0.05) is 6.04 Å². The van der Waals surface area contributed by atoms with E-state index in [4.69, 9.17) is 0 Å². The van der Waals surface area contributed by atoms with Crippen LogP contribution < -0.4 is 5.32 Å². The number of hydrogen-bond donors (Lipinski definition) is 1. The SMILES string of the molecule is CNC(Cc1cccc2ccccc12)c1ccc(C)cc1. The predicted molar refractivity (Wildman–Crippen MR) is 90.6 cm³/mol. The summed E-state index contributed by atoms with van der Waals surface area (Å²) in [5.74, 6) is 0. The number of aryl methyl sites for hydroxylation is 1. The molecule has 0 saturated carbocycles. The van der Waals surface area contributed by atoms with Crippen LogP contribution in [0.15, 0.2) is 66.7 Å². The standard InChI is InChI=1S/C20H21N/c1-15-10-12-17(13-11-15)20(21-2)14-18-8-5-7-16-6-3-4-9-19(16)18/h3-13,20-21H,14H2,1-2H3. The molecule has 0 amide bonds. The zero-order chi connectivity index (χ0) is 14.7. The van der Waals surface area contributed by atoms with Gasteiger partial charge in [0.05, 0.1) is 0 Å². The van der Waals surface area contributed by atoms with Crippen molar-refractivity contribution in [1.82, 2.24) is 5.32 Å². The van der Waals surface area contributed by atoms with Crippen molar-refractivity contribution in [3.8, 4) is 0 Å². The summed E-state index contributed by atoms with van der Waals surface area (Å²) in [5.41, 5.74) is 4.04. The summed E-state index contributed by atoms with van der Waals surface area (Å²) in [5, 5.41) is 6.12. The van der Waals surface area contributed by atoms with E-state index in [0.29, 0.717) is 6.04 Å². The monoisotopic (exact) mass is 275 g/mol. The molecule has 0 aliphatic rings. The largest absolute Gasteiger partial charge is 0.313 e. The predicted octanol–water partition coefficient (Wildman–Crippen LogP) is 4.65. The highest BCUT2D eigenvalue weighted by atomic mass is 14.9. The number of likely N-dealkylation sites (N-methyl/N-ethyl adjacent to an activating group) is 1. The van der Waals surface area contributed by atoms with Crippen LogP contribution in [-0.4, -0.2) is 7.05 Å². The highest BCUT2D eigenvalue weighted by Crippen LogP contribution is 2.24. The van der Waals surface area contributed by atoms with Crippen LogP contribution in [0.25, 0.3) is 10.8 Å². The van der Waals surface area contributed by atoms with Crippen LogP contribution >= 0.6 is 0 Å². The van der Waals surface area contributed by atoms with Gasteiger partial charge in [0.1, 0.15) is 0 Å². The molecule has 3 rings (SSSR count). The van der Waals surface area contributed by atoms with E-state index in [1.54, 1.807) is 0 Å². The number of benzene rings is 3. The second kappa shape index (κ2) is 6.11. The molecular weight excluding hydrogens is 254 g/mol. The summed E-state index contributed by atoms with van der Waals surface area (Å²) in [7, 11) is 2.04. The molecule has 1 N–H and O–H groups in total. The maximum Gasteiger partial charge on any atom is 0.0358 e. The van der Waals surface area contributed by atoms with Gasteiger partial charge in [-0.1, -0.05) is 72.3 Å². The lowest BCUT2D eigenvalue weighted by Gasteiger charge is -2.18. The average Bonchev–Trinajstić information content (AvgIpc) is 2.54. The summed E-state index contributed by atoms with van der Waals surface area (Å²) in [6.07, 6.45) is 1.00. The van der Waals surface area contributed by atoms with Gasteiger partial charge in [0.15, 0.2) is 0 Å². The van der Waals surface area contributed by atoms with Crippen molar-refractivity contribution in [3.63, 3.8) is 0 Å². The average molecular weight is 275 g/mol. The van der Waals surface area contributed by atoms with E-state index in [-0.39, 0.29) is 0 Å². The van der Waals surface area contributed by atoms with E-state index in [1.807, 2.05) is 7.05 Å². The number of nitrogens with one attached hydrogen (secondary N) is 1. The molecule has 0 fully saturated rings. The van der Waals surface area contributed by atoms with Crippen LogP contribution in [0.5, 0.6) is 0 Å². The minimum atomic E-state index is 0.344. The van der Waals surface area contributed by atoms with Gasteiger partial charge >= 0.3 is 0 Å². The molecule has 0 saturated heterocycles. The van der Waals surface area contributed by atoms with Crippen molar-refractivity contribution in [2.45, 2.75) is 19.4 Å². The minimum Gasteiger partial charge on any atom is -0.313 e. The van der Waals surface area contributed by atoms with Crippen LogP contribution in [-0.2, 0) is 6.42 Å². The first-order valence-electron chi connectivity index (χ1n) is 7.48. The molecule has 3 aromatic carbocycles. The zero-order valence-corrected chi connectivity index (χ0v) is 12.6. The summed E-state index contributed by atoms with van der Waals surface area (Å²) >= 11 is 0. The van der Waals surface area contributed by atoms with E-state index in [9.17, 15) is 0 Å². The Bertz CT molecular complexity index is 723. The summed E-state index contributed by atoms with van der Waals surface area (Å²) < 4.78 is 0. The molecule has 0 radical (unpaired) electrons. The van der Waals surface area contributed by atoms with Crippen molar-refractivity contribution in [1.29, 1.82) is 0 Å². The molecule has 0 heterocycles. The van der Waals surface area contributed by atoms with E-state index >= 15 is 0 Å². The molecule has 0 aliphatic carbocycles. The first kappa shape index (κ1) is 13.8. The Hall–Kier alpha value is -2.12. The molecule has 1 unspecified atom stereocenters. The Labute approximate surface area is 126 Å². The molecule has 106 valence electrons. The van der Waals surface area contributed by atoms with Crippen LogP contribution in [0.1, 0.15) is 22.7 Å². The molecular formula is C20H21N. The van der Waals surface area contributed by atoms with Gasteiger partial charge in [0.25, 0.3) is 0 Å². The Kier molecular flexibility index (Phi) is 4.03. The van der Waals surface area contributed by atoms with Gasteiger partial charge < -0.3 is 5.32 Å². The van der Waals surface area contributed by atoms with Crippen LogP contribution in [0.3, 0.4) is 0 Å². The smallest absolute Gasteiger partial charge is 0.0358 e. The third kappa shape index (κ3) is 2.98. The fraction of sp³-hybridized carbons (Fsp3) is 0.200. The van der Waals surface area contributed by atoms with E-state index < -0.39 is 0 Å². The molecule has 1 atom stereocenters. The first-order valence-corrected chi connectivity index (χ1v) is 7.48. The van der Waals surface area contributed by atoms with Gasteiger partial charge in [-0.2, -0.15) is 0 Å². The fourth-order valence-electron chi connectivity index (χ4n) is 2.88. The number of rotatable bonds is 4. The summed E-state index contributed by atoms with van der Waals surface area (Å²) in [6, 6.07) is 24.3. The molecule has 0 aromatic heterocycles. The van der Waals surface area contributed by atoms with Crippen molar-refractivity contribution in [3.05, 3.63) is 83.4 Å². The maximum atomic E-state index is 3.45. The molecule has 0 aliphatic heterocycles. The molecule has 1 heteroatoms. The molecule has 21 heavy (non-hydrogen) atoms.